The van der Waals surface area contributed by atoms with E-state index in [0.29, 0.717) is 0 Å². The van der Waals surface area contributed by atoms with Gasteiger partial charge in [-0.3, -0.25) is 0 Å². The summed E-state index contributed by atoms with van der Waals surface area (Å²) in [6.07, 6.45) is 0. The molecule has 0 heteroatoms. The van der Waals surface area contributed by atoms with Crippen LogP contribution in [0, 0.1) is 0 Å². The Morgan fingerprint density at radius 2 is 0.833 bits per heavy atom. The number of hydrogen-bond acceptors (Lipinski definition) is 0. The second-order valence-electron chi connectivity index (χ2n) is 14.6. The lowest BCUT2D eigenvalue weighted by Gasteiger charge is -2.24. The fourth-order valence-corrected chi connectivity index (χ4v) is 8.19. The highest BCUT2D eigenvalue weighted by molar-refractivity contribution is 6.37. The molecular weight excluding hydrogens is 577 g/mol. The van der Waals surface area contributed by atoms with Crippen LogP contribution in [0.4, 0.5) is 0 Å². The van der Waals surface area contributed by atoms with E-state index in [1.165, 1.54) is 103 Å². The van der Waals surface area contributed by atoms with Crippen molar-refractivity contribution in [3.05, 3.63) is 157 Å². The molecule has 0 spiro atoms. The van der Waals surface area contributed by atoms with E-state index >= 15 is 0 Å². The standard InChI is InChI=1S/C48H34/c1-48(2,3)39-24-37-27-41(34-19-16-29-10-4-6-13-32(29)22-34)43-26-36-21-18-31-12-8-9-15-40(31)45(36)46-42(28-38(25-39)44(37)47(43)46)35-20-17-30-11-5-7-14-33(30)23-35/h4-28H,1-3H3. The fraction of sp³-hybridized carbons (Fsp3) is 0.0833. The van der Waals surface area contributed by atoms with E-state index < -0.39 is 0 Å². The van der Waals surface area contributed by atoms with Gasteiger partial charge in [0, 0.05) is 0 Å². The average molecular weight is 611 g/mol. The molecule has 0 heterocycles. The fourth-order valence-electron chi connectivity index (χ4n) is 8.19. The molecule has 0 aliphatic heterocycles. The van der Waals surface area contributed by atoms with Crippen molar-refractivity contribution in [2.24, 2.45) is 0 Å². The van der Waals surface area contributed by atoms with Gasteiger partial charge in [-0.25, -0.2) is 0 Å². The topological polar surface area (TPSA) is 0 Å². The third-order valence-corrected chi connectivity index (χ3v) is 10.6. The summed E-state index contributed by atoms with van der Waals surface area (Å²) in [6, 6.07) is 57.2. The van der Waals surface area contributed by atoms with Crippen LogP contribution in [0.1, 0.15) is 26.3 Å². The molecule has 48 heavy (non-hydrogen) atoms. The zero-order valence-electron chi connectivity index (χ0n) is 27.4. The molecule has 0 nitrogen and oxygen atoms in total. The van der Waals surface area contributed by atoms with Gasteiger partial charge in [0.2, 0.25) is 0 Å². The van der Waals surface area contributed by atoms with E-state index in [1.807, 2.05) is 0 Å². The molecule has 10 rings (SSSR count). The third-order valence-electron chi connectivity index (χ3n) is 10.6. The van der Waals surface area contributed by atoms with E-state index in [9.17, 15) is 0 Å². The van der Waals surface area contributed by atoms with Crippen LogP contribution in [-0.2, 0) is 5.41 Å². The van der Waals surface area contributed by atoms with Crippen LogP contribution in [-0.4, -0.2) is 0 Å². The molecule has 0 aliphatic carbocycles. The molecule has 10 aromatic carbocycles. The van der Waals surface area contributed by atoms with Crippen LogP contribution in [0.15, 0.2) is 152 Å². The minimum absolute atomic E-state index is 0.0135. The van der Waals surface area contributed by atoms with Gasteiger partial charge >= 0.3 is 0 Å². The molecule has 0 amide bonds. The van der Waals surface area contributed by atoms with Crippen LogP contribution in [0.5, 0.6) is 0 Å². The number of rotatable bonds is 2. The molecule has 226 valence electrons. The van der Waals surface area contributed by atoms with E-state index in [-0.39, 0.29) is 5.41 Å². The Kier molecular flexibility index (Phi) is 5.65. The Balaban J connectivity index is 1.46. The molecule has 0 saturated heterocycles. The van der Waals surface area contributed by atoms with Crippen molar-refractivity contribution in [2.75, 3.05) is 0 Å². The lowest BCUT2D eigenvalue weighted by molar-refractivity contribution is 0.591. The molecule has 0 unspecified atom stereocenters. The summed E-state index contributed by atoms with van der Waals surface area (Å²) >= 11 is 0. The van der Waals surface area contributed by atoms with Crippen LogP contribution in [0.25, 0.3) is 97.7 Å². The summed E-state index contributed by atoms with van der Waals surface area (Å²) in [5.74, 6) is 0. The van der Waals surface area contributed by atoms with Crippen molar-refractivity contribution in [3.63, 3.8) is 0 Å². The van der Waals surface area contributed by atoms with Crippen LogP contribution < -0.4 is 0 Å². The Morgan fingerprint density at radius 1 is 0.312 bits per heavy atom. The van der Waals surface area contributed by atoms with E-state index in [0.717, 1.165) is 0 Å². The smallest absolute Gasteiger partial charge is 0.000763 e. The third kappa shape index (κ3) is 4.02. The van der Waals surface area contributed by atoms with Crippen LogP contribution in [0.2, 0.25) is 0 Å². The van der Waals surface area contributed by atoms with Gasteiger partial charge in [0.25, 0.3) is 0 Å². The molecule has 0 N–H and O–H groups in total. The molecule has 0 saturated carbocycles. The normalized spacial score (nSPS) is 12.5. The Labute approximate surface area is 280 Å². The average Bonchev–Trinajstić information content (AvgIpc) is 3.12. The Morgan fingerprint density at radius 3 is 1.48 bits per heavy atom. The van der Waals surface area contributed by atoms with Gasteiger partial charge in [0.15, 0.2) is 0 Å². The van der Waals surface area contributed by atoms with E-state index in [2.05, 4.69) is 172 Å². The zero-order chi connectivity index (χ0) is 32.1. The van der Waals surface area contributed by atoms with Crippen molar-refractivity contribution >= 4 is 75.4 Å². The minimum Gasteiger partial charge on any atom is -0.0616 e. The molecule has 0 radical (unpaired) electrons. The number of fused-ring (bicyclic) bond motifs is 6. The lowest BCUT2D eigenvalue weighted by Crippen LogP contribution is -2.11. The first-order valence-electron chi connectivity index (χ1n) is 17.0. The quantitative estimate of drug-likeness (QED) is 0.135. The lowest BCUT2D eigenvalue weighted by atomic mass is 9.79. The molecule has 0 aromatic heterocycles. The molecular formula is C48H34. The predicted molar refractivity (Wildman–Crippen MR) is 210 cm³/mol. The summed E-state index contributed by atoms with van der Waals surface area (Å²) in [4.78, 5) is 0. The second kappa shape index (κ2) is 9.89. The van der Waals surface area contributed by atoms with Crippen LogP contribution >= 0.6 is 0 Å². The SMILES string of the molecule is CC(C)(C)c1cc2cc(-c3ccc4ccccc4c3)c3cc4ccc5ccccc5c4c4c(-c5ccc6ccccc6c5)cc(c1)c2c34. The molecule has 0 atom stereocenters. The van der Waals surface area contributed by atoms with Gasteiger partial charge in [-0.2, -0.15) is 0 Å². The highest BCUT2D eigenvalue weighted by Crippen LogP contribution is 2.49. The maximum absolute atomic E-state index is 2.49. The molecule has 0 fully saturated rings. The summed E-state index contributed by atoms with van der Waals surface area (Å²) in [5.41, 5.74) is 6.47. The first-order valence-corrected chi connectivity index (χ1v) is 17.0. The Hall–Kier alpha value is -5.72. The summed E-state index contributed by atoms with van der Waals surface area (Å²) in [5, 5.41) is 18.2. The zero-order valence-corrected chi connectivity index (χ0v) is 27.4. The predicted octanol–water partition coefficient (Wildman–Crippen LogP) is 13.8. The van der Waals surface area contributed by atoms with Crippen molar-refractivity contribution in [1.29, 1.82) is 0 Å². The largest absolute Gasteiger partial charge is 0.0616 e. The van der Waals surface area contributed by atoms with Crippen molar-refractivity contribution in [3.8, 4) is 22.3 Å². The van der Waals surface area contributed by atoms with Gasteiger partial charge in [-0.1, -0.05) is 142 Å². The summed E-state index contributed by atoms with van der Waals surface area (Å²) in [7, 11) is 0. The van der Waals surface area contributed by atoms with Gasteiger partial charge in [-0.15, -0.1) is 0 Å². The highest BCUT2D eigenvalue weighted by atomic mass is 14.3. The molecule has 10 aromatic rings. The van der Waals surface area contributed by atoms with Crippen LogP contribution in [0.3, 0.4) is 0 Å². The summed E-state index contributed by atoms with van der Waals surface area (Å²) in [6.45, 7) is 6.98. The van der Waals surface area contributed by atoms with Gasteiger partial charge in [0.1, 0.15) is 0 Å². The van der Waals surface area contributed by atoms with Gasteiger partial charge in [-0.05, 0) is 139 Å². The molecule has 0 aliphatic rings. The highest BCUT2D eigenvalue weighted by Gasteiger charge is 2.23. The molecule has 0 bridgehead atoms. The Bertz CT molecular complexity index is 2900. The van der Waals surface area contributed by atoms with E-state index in [4.69, 9.17) is 0 Å². The van der Waals surface area contributed by atoms with Gasteiger partial charge in [0.05, 0.1) is 0 Å². The second-order valence-corrected chi connectivity index (χ2v) is 14.6. The van der Waals surface area contributed by atoms with E-state index in [1.54, 1.807) is 0 Å². The maximum atomic E-state index is 2.49. The van der Waals surface area contributed by atoms with Gasteiger partial charge < -0.3 is 0 Å². The maximum Gasteiger partial charge on any atom is -0.000763 e. The first-order chi connectivity index (χ1) is 23.4. The van der Waals surface area contributed by atoms with Crippen molar-refractivity contribution in [1.82, 2.24) is 0 Å². The van der Waals surface area contributed by atoms with Crippen molar-refractivity contribution < 1.29 is 0 Å². The number of hydrogen-bond donors (Lipinski definition) is 0. The monoisotopic (exact) mass is 610 g/mol. The summed E-state index contributed by atoms with van der Waals surface area (Å²) < 4.78 is 0. The minimum atomic E-state index is 0.0135. The van der Waals surface area contributed by atoms with Crippen molar-refractivity contribution in [2.45, 2.75) is 26.2 Å². The number of benzene rings is 10. The first kappa shape index (κ1) is 27.4.